The second kappa shape index (κ2) is 9.72. The molecule has 0 N–H and O–H groups in total. The highest BCUT2D eigenvalue weighted by atomic mass is 16.7. The van der Waals surface area contributed by atoms with Crippen LogP contribution in [0.3, 0.4) is 0 Å². The number of fused-ring (bicyclic) bond motifs is 5. The van der Waals surface area contributed by atoms with Crippen molar-refractivity contribution in [3.63, 3.8) is 0 Å². The second-order valence-electron chi connectivity index (χ2n) is 12.8. The van der Waals surface area contributed by atoms with Crippen molar-refractivity contribution in [1.82, 2.24) is 0 Å². The van der Waals surface area contributed by atoms with Gasteiger partial charge in [-0.05, 0) is 60.7 Å². The fourth-order valence-corrected chi connectivity index (χ4v) is 8.58. The fourth-order valence-electron chi connectivity index (χ4n) is 8.58. The van der Waals surface area contributed by atoms with Gasteiger partial charge in [-0.15, -0.1) is 0 Å². The first-order valence-corrected chi connectivity index (χ1v) is 13.7. The highest BCUT2D eigenvalue weighted by Gasteiger charge is 2.66. The predicted octanol–water partition coefficient (Wildman–Crippen LogP) is 5.16. The number of esters is 1. The van der Waals surface area contributed by atoms with E-state index in [1.54, 1.807) is 7.11 Å². The van der Waals surface area contributed by atoms with Gasteiger partial charge in [0.1, 0.15) is 17.3 Å². The lowest BCUT2D eigenvalue weighted by Crippen LogP contribution is -2.60. The van der Waals surface area contributed by atoms with E-state index in [0.29, 0.717) is 44.3 Å². The maximum Gasteiger partial charge on any atom is 0.308 e. The Labute approximate surface area is 210 Å². The van der Waals surface area contributed by atoms with E-state index in [1.807, 2.05) is 13.8 Å². The van der Waals surface area contributed by atoms with Gasteiger partial charge in [0.25, 0.3) is 0 Å². The lowest BCUT2D eigenvalue weighted by Gasteiger charge is -2.58. The molecule has 0 saturated heterocycles. The first-order valence-electron chi connectivity index (χ1n) is 13.7. The van der Waals surface area contributed by atoms with Crippen molar-refractivity contribution < 1.29 is 28.7 Å². The fraction of sp³-hybridized carbons (Fsp3) is 0.862. The molecule has 6 nitrogen and oxygen atoms in total. The van der Waals surface area contributed by atoms with E-state index in [0.717, 1.165) is 19.3 Å². The maximum atomic E-state index is 13.9. The smallest absolute Gasteiger partial charge is 0.308 e. The molecule has 1 unspecified atom stereocenters. The summed E-state index contributed by atoms with van der Waals surface area (Å²) in [6.07, 6.45) is 5.08. The van der Waals surface area contributed by atoms with Crippen molar-refractivity contribution >= 4 is 23.3 Å². The molecule has 0 bridgehead atoms. The number of hydrogen-bond acceptors (Lipinski definition) is 6. The Balaban J connectivity index is 1.48. The van der Waals surface area contributed by atoms with E-state index in [1.165, 1.54) is 0 Å². The highest BCUT2D eigenvalue weighted by molar-refractivity contribution is 5.93. The molecule has 0 amide bonds. The van der Waals surface area contributed by atoms with Crippen LogP contribution in [0.15, 0.2) is 0 Å². The topological polar surface area (TPSA) is 86.7 Å². The molecule has 0 aliphatic heterocycles. The number of hydrogen-bond donors (Lipinski definition) is 0. The molecular formula is C29H44O6. The largest absolute Gasteiger partial charge is 0.435 e. The summed E-state index contributed by atoms with van der Waals surface area (Å²) in [5, 5.41) is 0. The Kier molecular flexibility index (Phi) is 7.36. The van der Waals surface area contributed by atoms with Crippen molar-refractivity contribution in [2.75, 3.05) is 7.11 Å². The molecule has 0 aromatic heterocycles. The van der Waals surface area contributed by atoms with E-state index in [-0.39, 0.29) is 64.4 Å². The van der Waals surface area contributed by atoms with Gasteiger partial charge in [0.05, 0.1) is 0 Å². The second-order valence-corrected chi connectivity index (χ2v) is 12.8. The van der Waals surface area contributed by atoms with Gasteiger partial charge in [0.15, 0.2) is 0 Å². The predicted molar refractivity (Wildman–Crippen MR) is 131 cm³/mol. The minimum atomic E-state index is -0.541. The zero-order chi connectivity index (χ0) is 25.7. The van der Waals surface area contributed by atoms with Gasteiger partial charge in [-0.3, -0.25) is 19.2 Å². The van der Waals surface area contributed by atoms with Crippen LogP contribution < -0.4 is 0 Å². The van der Waals surface area contributed by atoms with Crippen LogP contribution >= 0.6 is 0 Å². The molecule has 35 heavy (non-hydrogen) atoms. The molecule has 0 aromatic rings. The Morgan fingerprint density at radius 2 is 1.74 bits per heavy atom. The zero-order valence-electron chi connectivity index (χ0n) is 22.4. The van der Waals surface area contributed by atoms with Gasteiger partial charge < -0.3 is 9.47 Å². The third kappa shape index (κ3) is 4.42. The first-order chi connectivity index (χ1) is 16.4. The van der Waals surface area contributed by atoms with Crippen molar-refractivity contribution in [3.8, 4) is 0 Å². The third-order valence-corrected chi connectivity index (χ3v) is 10.7. The average molecular weight is 489 g/mol. The molecule has 4 aliphatic rings. The number of carbonyl (C=O) groups excluding carboxylic acids is 4. The van der Waals surface area contributed by atoms with Crippen LogP contribution in [0.5, 0.6) is 0 Å². The number of ketones is 3. The van der Waals surface area contributed by atoms with Crippen LogP contribution in [0.4, 0.5) is 0 Å². The van der Waals surface area contributed by atoms with E-state index < -0.39 is 11.7 Å². The first kappa shape index (κ1) is 26.5. The van der Waals surface area contributed by atoms with Gasteiger partial charge in [-0.25, -0.2) is 0 Å². The summed E-state index contributed by atoms with van der Waals surface area (Å²) in [7, 11) is 1.54. The summed E-state index contributed by atoms with van der Waals surface area (Å²) in [6, 6.07) is 0. The summed E-state index contributed by atoms with van der Waals surface area (Å²) in [5.74, 6) is 1.20. The lowest BCUT2D eigenvalue weighted by molar-refractivity contribution is -0.182. The Bertz CT molecular complexity index is 878. The Morgan fingerprint density at radius 3 is 2.40 bits per heavy atom. The van der Waals surface area contributed by atoms with Gasteiger partial charge in [-0.1, -0.05) is 34.6 Å². The number of carbonyl (C=O) groups is 4. The molecule has 9 atom stereocenters. The summed E-state index contributed by atoms with van der Waals surface area (Å²) >= 11 is 0. The van der Waals surface area contributed by atoms with Gasteiger partial charge in [0.2, 0.25) is 6.29 Å². The van der Waals surface area contributed by atoms with E-state index in [9.17, 15) is 19.2 Å². The minimum Gasteiger partial charge on any atom is -0.435 e. The van der Waals surface area contributed by atoms with Crippen molar-refractivity contribution in [3.05, 3.63) is 0 Å². The molecule has 6 heteroatoms. The number of Topliss-reactive ketones (excluding diaryl/α,β-unsaturated/α-hetero) is 3. The lowest BCUT2D eigenvalue weighted by atomic mass is 9.44. The van der Waals surface area contributed by atoms with Crippen LogP contribution in [0, 0.1) is 52.3 Å². The van der Waals surface area contributed by atoms with Gasteiger partial charge in [0, 0.05) is 56.5 Å². The van der Waals surface area contributed by atoms with Crippen LogP contribution in [0.25, 0.3) is 0 Å². The summed E-state index contributed by atoms with van der Waals surface area (Å²) in [6.45, 7) is 10.4. The van der Waals surface area contributed by atoms with Crippen LogP contribution in [-0.2, 0) is 28.7 Å². The standard InChI is InChI=1S/C29H44O6/c1-16(2)27(34-6)35-25(33)10-7-17(3)20-8-9-21-26-22(15-24(32)29(20,21)5)28(4)12-11-19(30)13-18(28)14-23(26)31/h16-18,20-22,26-27H,7-15H2,1-6H3/t17-,18+,20-,21+,22+,26+,27?,28+,29-/m1/s1. The van der Waals surface area contributed by atoms with Crippen LogP contribution in [0.2, 0.25) is 0 Å². The SMILES string of the molecule is COC(OC(=O)CC[C@@H](C)[C@H]1CC[C@H]2[C@@H]3C(=O)C[C@@H]4CC(=O)CC[C@]4(C)[C@H]3CC(=O)[C@]12C)C(C)C. The van der Waals surface area contributed by atoms with Crippen LogP contribution in [-0.4, -0.2) is 36.7 Å². The summed E-state index contributed by atoms with van der Waals surface area (Å²) < 4.78 is 10.7. The summed E-state index contributed by atoms with van der Waals surface area (Å²) in [4.78, 5) is 52.0. The number of methoxy groups -OCH3 is 1. The Morgan fingerprint density at radius 1 is 1.03 bits per heavy atom. The molecule has 4 rings (SSSR count). The van der Waals surface area contributed by atoms with E-state index in [4.69, 9.17) is 9.47 Å². The maximum absolute atomic E-state index is 13.9. The molecule has 0 heterocycles. The molecular weight excluding hydrogens is 444 g/mol. The zero-order valence-corrected chi connectivity index (χ0v) is 22.4. The molecule has 0 aromatic carbocycles. The van der Waals surface area contributed by atoms with Crippen molar-refractivity contribution in [2.24, 2.45) is 52.3 Å². The normalized spacial score (nSPS) is 40.7. The van der Waals surface area contributed by atoms with Gasteiger partial charge >= 0.3 is 5.97 Å². The molecule has 0 radical (unpaired) electrons. The minimum absolute atomic E-state index is 0.0668. The van der Waals surface area contributed by atoms with E-state index in [2.05, 4.69) is 20.8 Å². The molecule has 196 valence electrons. The number of ether oxygens (including phenoxy) is 2. The molecule has 4 saturated carbocycles. The monoisotopic (exact) mass is 488 g/mol. The Hall–Kier alpha value is -1.56. The quantitative estimate of drug-likeness (QED) is 0.363. The average Bonchev–Trinajstić information content (AvgIpc) is 3.16. The van der Waals surface area contributed by atoms with Gasteiger partial charge in [-0.2, -0.15) is 0 Å². The summed E-state index contributed by atoms with van der Waals surface area (Å²) in [5.41, 5.74) is -0.605. The molecule has 4 aliphatic carbocycles. The highest BCUT2D eigenvalue weighted by Crippen LogP contribution is 2.66. The van der Waals surface area contributed by atoms with Crippen molar-refractivity contribution in [2.45, 2.75) is 98.7 Å². The molecule has 4 fully saturated rings. The number of rotatable bonds is 7. The molecule has 0 spiro atoms. The van der Waals surface area contributed by atoms with E-state index >= 15 is 0 Å². The van der Waals surface area contributed by atoms with Crippen LogP contribution in [0.1, 0.15) is 92.4 Å². The van der Waals surface area contributed by atoms with Crippen molar-refractivity contribution in [1.29, 1.82) is 0 Å². The third-order valence-electron chi connectivity index (χ3n) is 10.7.